The fraction of sp³-hybridized carbons (Fsp3) is 0.400. The fourth-order valence-electron chi connectivity index (χ4n) is 0.672. The molecular weight excluding hydrogens is 212 g/mol. The number of nitrogens with one attached hydrogen (secondary N) is 1. The molecule has 0 aliphatic rings. The lowest BCUT2D eigenvalue weighted by molar-refractivity contribution is 0.381. The van der Waals surface area contributed by atoms with Gasteiger partial charge >= 0.3 is 10.4 Å². The van der Waals surface area contributed by atoms with Crippen molar-refractivity contribution in [1.29, 1.82) is 0 Å². The number of nitrogens with zero attached hydrogens (tertiary/aromatic N) is 1. The third-order valence-electron chi connectivity index (χ3n) is 1.27. The van der Waals surface area contributed by atoms with Crippen molar-refractivity contribution in [3.8, 4) is 0 Å². The van der Waals surface area contributed by atoms with E-state index in [1.54, 1.807) is 0 Å². The summed E-state index contributed by atoms with van der Waals surface area (Å²) < 4.78 is 31.6. The molecule has 0 unspecified atom stereocenters. The van der Waals surface area contributed by atoms with Gasteiger partial charge in [-0.15, -0.1) is 0 Å². The van der Waals surface area contributed by atoms with Gasteiger partial charge in [-0.3, -0.25) is 14.2 Å². The summed E-state index contributed by atoms with van der Waals surface area (Å²) in [5.41, 5.74) is 12.3. The van der Waals surface area contributed by atoms with Crippen molar-refractivity contribution in [2.24, 2.45) is 0 Å². The summed E-state index contributed by atoms with van der Waals surface area (Å²) in [5.74, 6) is 0.395. The van der Waals surface area contributed by atoms with Gasteiger partial charge in [-0.1, -0.05) is 6.92 Å². The number of hydrogen-bond donors (Lipinski definition) is 5. The molecule has 0 spiro atoms. The van der Waals surface area contributed by atoms with Crippen LogP contribution in [0.5, 0.6) is 0 Å². The monoisotopic (exact) mass is 224 g/mol. The number of aromatic nitrogens is 2. The molecule has 0 saturated carbocycles. The standard InChI is InChI=1S/C5H10N4.H2O4S/c1-2-3-4(6)5(7)9-8-3;1-5(2,3)4/h2,6H2,1H3,(H3,7,8,9);(H2,1,2,3,4). The first-order valence-corrected chi connectivity index (χ1v) is 4.93. The summed E-state index contributed by atoms with van der Waals surface area (Å²) in [6.45, 7) is 1.99. The van der Waals surface area contributed by atoms with Gasteiger partial charge in [0.2, 0.25) is 0 Å². The van der Waals surface area contributed by atoms with Gasteiger partial charge in [-0.2, -0.15) is 13.5 Å². The number of H-pyrrole nitrogens is 1. The normalized spacial score (nSPS) is 10.5. The smallest absolute Gasteiger partial charge is 0.394 e. The van der Waals surface area contributed by atoms with Crippen LogP contribution in [0.1, 0.15) is 12.6 Å². The van der Waals surface area contributed by atoms with Gasteiger partial charge in [0.15, 0.2) is 5.82 Å². The SMILES string of the molecule is CCc1[nH]nc(N)c1N.O=S(=O)(O)O. The van der Waals surface area contributed by atoms with E-state index in [1.165, 1.54) is 0 Å². The minimum Gasteiger partial charge on any atom is -0.394 e. The van der Waals surface area contributed by atoms with Gasteiger partial charge in [0.05, 0.1) is 11.4 Å². The van der Waals surface area contributed by atoms with Crippen LogP contribution in [-0.2, 0) is 16.8 Å². The number of nitrogens with two attached hydrogens (primary N) is 2. The zero-order chi connectivity index (χ0) is 11.4. The first-order chi connectivity index (χ1) is 6.25. The molecule has 0 amide bonds. The lowest BCUT2D eigenvalue weighted by Gasteiger charge is -1.89. The van der Waals surface area contributed by atoms with Crippen LogP contribution in [-0.4, -0.2) is 27.7 Å². The maximum absolute atomic E-state index is 8.74. The highest BCUT2D eigenvalue weighted by atomic mass is 32.3. The Bertz CT molecular complexity index is 376. The number of hydrogen-bond acceptors (Lipinski definition) is 5. The van der Waals surface area contributed by atoms with Gasteiger partial charge in [0.25, 0.3) is 0 Å². The molecule has 8 nitrogen and oxygen atoms in total. The van der Waals surface area contributed by atoms with E-state index < -0.39 is 10.4 Å². The Kier molecular flexibility index (Phi) is 4.34. The molecule has 0 bridgehead atoms. The predicted molar refractivity (Wildman–Crippen MR) is 51.0 cm³/mol. The minimum absolute atomic E-state index is 0.395. The molecule has 1 rings (SSSR count). The number of aromatic amines is 1. The summed E-state index contributed by atoms with van der Waals surface area (Å²) in [6.07, 6.45) is 0.843. The van der Waals surface area contributed by atoms with Crippen LogP contribution in [0, 0.1) is 0 Å². The maximum atomic E-state index is 8.74. The molecule has 0 aliphatic heterocycles. The van der Waals surface area contributed by atoms with Crippen LogP contribution < -0.4 is 11.5 Å². The average Bonchev–Trinajstić information content (AvgIpc) is 2.30. The molecule has 0 fully saturated rings. The molecule has 1 heterocycles. The molecule has 0 saturated heterocycles. The molecule has 0 atom stereocenters. The molecule has 0 radical (unpaired) electrons. The number of aryl methyl sites for hydroxylation is 1. The zero-order valence-electron chi connectivity index (χ0n) is 7.43. The fourth-order valence-corrected chi connectivity index (χ4v) is 0.672. The maximum Gasteiger partial charge on any atom is 0.394 e. The van der Waals surface area contributed by atoms with Crippen LogP contribution in [0.15, 0.2) is 0 Å². The summed E-state index contributed by atoms with van der Waals surface area (Å²) in [7, 11) is -4.67. The number of nitrogen functional groups attached to an aromatic ring is 2. The van der Waals surface area contributed by atoms with Crippen molar-refractivity contribution in [3.63, 3.8) is 0 Å². The molecule has 1 aromatic heterocycles. The zero-order valence-corrected chi connectivity index (χ0v) is 8.24. The second kappa shape index (κ2) is 4.79. The Morgan fingerprint density at radius 1 is 1.43 bits per heavy atom. The van der Waals surface area contributed by atoms with Gasteiger partial charge in [-0.25, -0.2) is 0 Å². The van der Waals surface area contributed by atoms with Crippen molar-refractivity contribution >= 4 is 21.9 Å². The van der Waals surface area contributed by atoms with Crippen LogP contribution in [0.3, 0.4) is 0 Å². The first-order valence-electron chi connectivity index (χ1n) is 3.53. The first kappa shape index (κ1) is 12.7. The predicted octanol–water partition coefficient (Wildman–Crippen LogP) is -0.516. The highest BCUT2D eigenvalue weighted by molar-refractivity contribution is 7.79. The topological polar surface area (TPSA) is 155 Å². The van der Waals surface area contributed by atoms with Gasteiger partial charge < -0.3 is 11.5 Å². The van der Waals surface area contributed by atoms with E-state index in [4.69, 9.17) is 29.0 Å². The van der Waals surface area contributed by atoms with Gasteiger partial charge in [0.1, 0.15) is 0 Å². The molecule has 7 N–H and O–H groups in total. The number of anilines is 2. The lowest BCUT2D eigenvalue weighted by Crippen LogP contribution is -1.93. The minimum atomic E-state index is -4.67. The Labute approximate surface area is 80.9 Å². The highest BCUT2D eigenvalue weighted by Gasteiger charge is 2.02. The number of rotatable bonds is 1. The third-order valence-corrected chi connectivity index (χ3v) is 1.27. The largest absolute Gasteiger partial charge is 0.394 e. The van der Waals surface area contributed by atoms with Crippen molar-refractivity contribution in [1.82, 2.24) is 10.2 Å². The van der Waals surface area contributed by atoms with Crippen LogP contribution in [0.4, 0.5) is 11.5 Å². The molecule has 82 valence electrons. The van der Waals surface area contributed by atoms with E-state index in [1.807, 2.05) is 6.92 Å². The summed E-state index contributed by atoms with van der Waals surface area (Å²) >= 11 is 0. The summed E-state index contributed by atoms with van der Waals surface area (Å²) in [6, 6.07) is 0. The van der Waals surface area contributed by atoms with Crippen molar-refractivity contribution < 1.29 is 17.5 Å². The Balaban J connectivity index is 0.000000292. The molecule has 0 aromatic carbocycles. The van der Waals surface area contributed by atoms with E-state index in [2.05, 4.69) is 10.2 Å². The molecule has 9 heteroatoms. The van der Waals surface area contributed by atoms with E-state index in [0.29, 0.717) is 11.5 Å². The quantitative estimate of drug-likeness (QED) is 0.402. The Morgan fingerprint density at radius 2 is 1.86 bits per heavy atom. The third kappa shape index (κ3) is 5.35. The van der Waals surface area contributed by atoms with E-state index in [-0.39, 0.29) is 0 Å². The van der Waals surface area contributed by atoms with Crippen LogP contribution in [0.2, 0.25) is 0 Å². The lowest BCUT2D eigenvalue weighted by atomic mass is 10.3. The van der Waals surface area contributed by atoms with Gasteiger partial charge in [0, 0.05) is 0 Å². The van der Waals surface area contributed by atoms with E-state index in [0.717, 1.165) is 12.1 Å². The molecule has 14 heavy (non-hydrogen) atoms. The van der Waals surface area contributed by atoms with Crippen molar-refractivity contribution in [3.05, 3.63) is 5.69 Å². The molecular formula is C5H12N4O4S. The Hall–Kier alpha value is -1.32. The summed E-state index contributed by atoms with van der Waals surface area (Å²) in [4.78, 5) is 0. The van der Waals surface area contributed by atoms with Gasteiger partial charge in [-0.05, 0) is 6.42 Å². The summed E-state index contributed by atoms with van der Waals surface area (Å²) in [5, 5.41) is 6.44. The van der Waals surface area contributed by atoms with E-state index >= 15 is 0 Å². The highest BCUT2D eigenvalue weighted by Crippen LogP contribution is 2.14. The second-order valence-corrected chi connectivity index (χ2v) is 3.20. The average molecular weight is 224 g/mol. The Morgan fingerprint density at radius 3 is 2.00 bits per heavy atom. The van der Waals surface area contributed by atoms with Crippen LogP contribution >= 0.6 is 0 Å². The van der Waals surface area contributed by atoms with Crippen molar-refractivity contribution in [2.45, 2.75) is 13.3 Å². The van der Waals surface area contributed by atoms with Crippen molar-refractivity contribution in [2.75, 3.05) is 11.5 Å². The van der Waals surface area contributed by atoms with E-state index in [9.17, 15) is 0 Å². The molecule has 1 aromatic rings. The second-order valence-electron chi connectivity index (χ2n) is 2.30. The van der Waals surface area contributed by atoms with Crippen LogP contribution in [0.25, 0.3) is 0 Å². The molecule has 0 aliphatic carbocycles.